The highest BCUT2D eigenvalue weighted by Gasteiger charge is 2.30. The summed E-state index contributed by atoms with van der Waals surface area (Å²) in [6, 6.07) is 7.62. The number of phenols is 1. The van der Waals surface area contributed by atoms with Gasteiger partial charge in [0.05, 0.1) is 26.9 Å². The molecule has 0 radical (unpaired) electrons. The van der Waals surface area contributed by atoms with Gasteiger partial charge in [0.2, 0.25) is 0 Å². The Kier molecular flexibility index (Phi) is 5.66. The molecule has 1 heterocycles. The summed E-state index contributed by atoms with van der Waals surface area (Å²) in [5.41, 5.74) is 1.38. The molecule has 11 nitrogen and oxygen atoms in total. The van der Waals surface area contributed by atoms with Crippen molar-refractivity contribution < 1.29 is 19.9 Å². The van der Waals surface area contributed by atoms with Crippen LogP contribution in [0.4, 0.5) is 17.1 Å². The fourth-order valence-electron chi connectivity index (χ4n) is 2.67. The zero-order chi connectivity index (χ0) is 20.3. The molecule has 1 aliphatic heterocycles. The molecule has 1 aliphatic rings. The van der Waals surface area contributed by atoms with Crippen LogP contribution in [0.5, 0.6) is 5.75 Å². The molecule has 0 fully saturated rings. The average molecular weight is 376 g/mol. The Morgan fingerprint density at radius 2 is 1.41 bits per heavy atom. The predicted octanol–water partition coefficient (Wildman–Crippen LogP) is 3.06. The van der Waals surface area contributed by atoms with Crippen LogP contribution in [-0.4, -0.2) is 31.8 Å². The van der Waals surface area contributed by atoms with Crippen LogP contribution in [0.1, 0.15) is 16.7 Å². The van der Waals surface area contributed by atoms with Crippen LogP contribution in [0.3, 0.4) is 0 Å². The van der Waals surface area contributed by atoms with Gasteiger partial charge in [-0.3, -0.25) is 35.2 Å². The molecule has 27 heavy (non-hydrogen) atoms. The largest absolute Gasteiger partial charge is 0.497 e. The first-order valence-electron chi connectivity index (χ1n) is 7.67. The van der Waals surface area contributed by atoms with Crippen molar-refractivity contribution in [2.24, 2.45) is 0 Å². The molecule has 0 amide bonds. The van der Waals surface area contributed by atoms with Crippen LogP contribution in [0.15, 0.2) is 30.3 Å². The quantitative estimate of drug-likeness (QED) is 0.633. The number of aromatic hydroxyl groups is 1. The van der Waals surface area contributed by atoms with E-state index in [0.29, 0.717) is 12.1 Å². The molecule has 0 unspecified atom stereocenters. The number of nitro groups is 3. The first kappa shape index (κ1) is 19.7. The van der Waals surface area contributed by atoms with Crippen molar-refractivity contribution in [1.82, 2.24) is 4.90 Å². The summed E-state index contributed by atoms with van der Waals surface area (Å²) in [7, 11) is 2.16. The Morgan fingerprint density at radius 3 is 1.89 bits per heavy atom. The summed E-state index contributed by atoms with van der Waals surface area (Å²) in [4.78, 5) is 30.1. The van der Waals surface area contributed by atoms with Crippen molar-refractivity contribution in [3.63, 3.8) is 0 Å². The van der Waals surface area contributed by atoms with E-state index in [9.17, 15) is 30.3 Å². The molecule has 0 saturated carbocycles. The highest BCUT2D eigenvalue weighted by atomic mass is 16.6. The van der Waals surface area contributed by atoms with Gasteiger partial charge in [-0.2, -0.15) is 0 Å². The number of rotatable bonds is 3. The zero-order valence-electron chi connectivity index (χ0n) is 14.5. The summed E-state index contributed by atoms with van der Waals surface area (Å²) in [5.74, 6) is -1.21. The van der Waals surface area contributed by atoms with Crippen LogP contribution < -0.4 is 0 Å². The molecule has 142 valence electrons. The Hall–Kier alpha value is -3.60. The second-order valence-electron chi connectivity index (χ2n) is 6.05. The third-order valence-electron chi connectivity index (χ3n) is 3.90. The maximum Gasteiger partial charge on any atom is 0.324 e. The number of nitrogens with zero attached hydrogens (tertiary/aromatic N) is 4. The third kappa shape index (κ3) is 4.52. The van der Waals surface area contributed by atoms with Crippen LogP contribution in [0.2, 0.25) is 0 Å². The predicted molar refractivity (Wildman–Crippen MR) is 94.4 cm³/mol. The summed E-state index contributed by atoms with van der Waals surface area (Å²) < 4.78 is 0. The number of phenolic OH excluding ortho intramolecular Hbond substituents is 1. The van der Waals surface area contributed by atoms with Gasteiger partial charge in [-0.25, -0.2) is 0 Å². The van der Waals surface area contributed by atoms with Gasteiger partial charge in [-0.05, 0) is 25.1 Å². The highest BCUT2D eigenvalue weighted by Crippen LogP contribution is 2.38. The van der Waals surface area contributed by atoms with Gasteiger partial charge in [0.15, 0.2) is 0 Å². The van der Waals surface area contributed by atoms with Gasteiger partial charge in [0.1, 0.15) is 0 Å². The van der Waals surface area contributed by atoms with E-state index in [1.807, 2.05) is 0 Å². The van der Waals surface area contributed by atoms with Gasteiger partial charge < -0.3 is 5.11 Å². The molecule has 1 N–H and O–H groups in total. The molecule has 0 aromatic heterocycles. The molecule has 2 aromatic carbocycles. The summed E-state index contributed by atoms with van der Waals surface area (Å²) >= 11 is 0. The number of non-ortho nitro benzene ring substituents is 1. The summed E-state index contributed by atoms with van der Waals surface area (Å²) in [5, 5.41) is 40.2. The maximum atomic E-state index is 10.4. The monoisotopic (exact) mass is 376 g/mol. The first-order valence-corrected chi connectivity index (χ1v) is 7.67. The molecule has 0 atom stereocenters. The first-order chi connectivity index (χ1) is 12.6. The van der Waals surface area contributed by atoms with Gasteiger partial charge in [0.25, 0.3) is 11.4 Å². The molecule has 3 rings (SSSR count). The SMILES string of the molecule is Cc1ccc2c(c1)CN(C)C2.O=[N+]([O-])c1cc([N+](=O)[O-])c(O)c([N+](=O)[O-])c1. The minimum Gasteiger partial charge on any atom is -0.497 e. The Balaban J connectivity index is 0.000000206. The number of fused-ring (bicyclic) bond motifs is 1. The normalized spacial score (nSPS) is 12.7. The fraction of sp³-hybridized carbons (Fsp3) is 0.250. The standard InChI is InChI=1S/C10H13N.C6H3N3O7/c1-8-3-4-9-6-11(2)7-10(9)5-8;10-6-4(8(13)14)1-3(7(11)12)2-5(6)9(15)16/h3-5H,6-7H2,1-2H3;1-2,10H. The minimum atomic E-state index is -1.21. The highest BCUT2D eigenvalue weighted by molar-refractivity contribution is 5.64. The number of hydrogen-bond donors (Lipinski definition) is 1. The summed E-state index contributed by atoms with van der Waals surface area (Å²) in [6.45, 7) is 4.39. The second kappa shape index (κ2) is 7.74. The van der Waals surface area contributed by atoms with Crippen molar-refractivity contribution in [3.8, 4) is 5.75 Å². The van der Waals surface area contributed by atoms with E-state index in [2.05, 4.69) is 37.1 Å². The van der Waals surface area contributed by atoms with E-state index >= 15 is 0 Å². The lowest BCUT2D eigenvalue weighted by Crippen LogP contribution is -2.07. The van der Waals surface area contributed by atoms with E-state index in [1.165, 1.54) is 16.7 Å². The number of nitro benzene ring substituents is 3. The van der Waals surface area contributed by atoms with Gasteiger partial charge in [-0.1, -0.05) is 23.8 Å². The molecular weight excluding hydrogens is 360 g/mol. The Labute approximate surface area is 152 Å². The van der Waals surface area contributed by atoms with Crippen LogP contribution in [0, 0.1) is 37.3 Å². The lowest BCUT2D eigenvalue weighted by Gasteiger charge is -2.02. The number of aryl methyl sites for hydroxylation is 1. The Bertz CT molecular complexity index is 894. The molecule has 0 saturated heterocycles. The molecule has 0 bridgehead atoms. The van der Waals surface area contributed by atoms with Crippen LogP contribution in [-0.2, 0) is 13.1 Å². The van der Waals surface area contributed by atoms with Gasteiger partial charge in [-0.15, -0.1) is 0 Å². The molecule has 2 aromatic rings. The fourth-order valence-corrected chi connectivity index (χ4v) is 2.67. The van der Waals surface area contributed by atoms with Gasteiger partial charge >= 0.3 is 11.4 Å². The second-order valence-corrected chi connectivity index (χ2v) is 6.05. The molecular formula is C16H16N4O7. The van der Waals surface area contributed by atoms with E-state index < -0.39 is 37.6 Å². The van der Waals surface area contributed by atoms with Crippen molar-refractivity contribution in [3.05, 3.63) is 77.4 Å². The smallest absolute Gasteiger partial charge is 0.324 e. The molecule has 0 aliphatic carbocycles. The van der Waals surface area contributed by atoms with E-state index in [0.717, 1.165) is 13.1 Å². The summed E-state index contributed by atoms with van der Waals surface area (Å²) in [6.07, 6.45) is 0. The lowest BCUT2D eigenvalue weighted by molar-refractivity contribution is -0.404. The molecule has 11 heteroatoms. The topological polar surface area (TPSA) is 153 Å². The third-order valence-corrected chi connectivity index (χ3v) is 3.90. The van der Waals surface area contributed by atoms with E-state index in [4.69, 9.17) is 5.11 Å². The van der Waals surface area contributed by atoms with Crippen molar-refractivity contribution in [2.45, 2.75) is 20.0 Å². The zero-order valence-corrected chi connectivity index (χ0v) is 14.5. The minimum absolute atomic E-state index is 0.447. The van der Waals surface area contributed by atoms with Crippen molar-refractivity contribution in [1.29, 1.82) is 0 Å². The average Bonchev–Trinajstić information content (AvgIpc) is 2.94. The maximum absolute atomic E-state index is 10.4. The van der Waals surface area contributed by atoms with Gasteiger partial charge in [0, 0.05) is 13.1 Å². The number of benzene rings is 2. The Morgan fingerprint density at radius 1 is 0.889 bits per heavy atom. The number of hydrogen-bond acceptors (Lipinski definition) is 8. The van der Waals surface area contributed by atoms with Crippen LogP contribution >= 0.6 is 0 Å². The van der Waals surface area contributed by atoms with E-state index in [-0.39, 0.29) is 0 Å². The van der Waals surface area contributed by atoms with Crippen molar-refractivity contribution >= 4 is 17.1 Å². The lowest BCUT2D eigenvalue weighted by atomic mass is 10.1. The van der Waals surface area contributed by atoms with Crippen molar-refractivity contribution in [2.75, 3.05) is 7.05 Å². The van der Waals surface area contributed by atoms with E-state index in [1.54, 1.807) is 0 Å². The molecule has 0 spiro atoms. The van der Waals surface area contributed by atoms with Crippen LogP contribution in [0.25, 0.3) is 0 Å².